The van der Waals surface area contributed by atoms with Gasteiger partial charge in [-0.2, -0.15) is 0 Å². The molecule has 0 heterocycles. The minimum absolute atomic E-state index is 0.00400. The number of hydrogen-bond acceptors (Lipinski definition) is 4. The number of nitrogens with zero attached hydrogens (tertiary/aromatic N) is 1. The molecule has 0 saturated heterocycles. The van der Waals surface area contributed by atoms with Gasteiger partial charge in [-0.3, -0.25) is 4.79 Å². The van der Waals surface area contributed by atoms with Gasteiger partial charge in [0.15, 0.2) is 0 Å². The van der Waals surface area contributed by atoms with Crippen molar-refractivity contribution < 1.29 is 0 Å². The van der Waals surface area contributed by atoms with Gasteiger partial charge >= 0.3 is 0 Å². The number of hydrogen-bond donors (Lipinski definition) is 1. The second-order valence-electron chi connectivity index (χ2n) is 3.78. The Morgan fingerprint density at radius 1 is 1.21 bits per heavy atom. The minimum atomic E-state index is -0.00400. The van der Waals surface area contributed by atoms with Crippen LogP contribution >= 0.6 is 12.2 Å². The Kier molecular flexibility index (Phi) is 14.8. The zero-order valence-electron chi connectivity index (χ0n) is 13.4. The van der Waals surface area contributed by atoms with Gasteiger partial charge in [-0.1, -0.05) is 46.8 Å². The van der Waals surface area contributed by atoms with Crippen LogP contribution < -0.4 is 10.7 Å². The van der Waals surface area contributed by atoms with Crippen molar-refractivity contribution >= 4 is 17.9 Å². The summed E-state index contributed by atoms with van der Waals surface area (Å²) in [4.78, 5) is 13.4. The molecule has 1 aromatic carbocycles. The molecule has 0 aliphatic rings. The molecule has 0 atom stereocenters. The van der Waals surface area contributed by atoms with E-state index in [9.17, 15) is 4.79 Å². The summed E-state index contributed by atoms with van der Waals surface area (Å²) in [5.41, 5.74) is 0.680. The van der Waals surface area contributed by atoms with E-state index in [0.717, 1.165) is 32.5 Å². The molecule has 0 aromatic heterocycles. The minimum Gasteiger partial charge on any atom is -0.382 e. The van der Waals surface area contributed by atoms with Gasteiger partial charge in [-0.15, -0.1) is 0 Å². The molecule has 0 spiro atoms. The number of unbranched alkanes of at least 4 members (excludes halogenated alkanes) is 1. The van der Waals surface area contributed by atoms with Gasteiger partial charge in [-0.05, 0) is 39.0 Å². The van der Waals surface area contributed by atoms with Crippen molar-refractivity contribution in [1.29, 1.82) is 0 Å². The van der Waals surface area contributed by atoms with Crippen LogP contribution in [0.25, 0.3) is 0 Å². The summed E-state index contributed by atoms with van der Waals surface area (Å²) in [6.45, 7) is 13.2. The summed E-state index contributed by atoms with van der Waals surface area (Å²) in [5, 5.41) is 3.10. The van der Waals surface area contributed by atoms with Crippen LogP contribution in [0.1, 0.15) is 47.5 Å². The van der Waals surface area contributed by atoms with Crippen molar-refractivity contribution in [3.8, 4) is 0 Å². The predicted molar refractivity (Wildman–Crippen MR) is 89.5 cm³/mol. The highest BCUT2D eigenvalue weighted by Gasteiger charge is 2.04. The Bertz CT molecular complexity index is 370. The van der Waals surface area contributed by atoms with E-state index in [1.807, 2.05) is 27.7 Å². The van der Waals surface area contributed by atoms with Gasteiger partial charge in [0.1, 0.15) is 0 Å². The molecule has 0 aliphatic heterocycles. The number of rotatable bonds is 7. The standard InChI is InChI=1S/C11H18N2OS.2C2H6/c1-3-13(2)7-5-4-6-12-9-8-10(15)11(9)14;2*1-2/h8,12H,3-7H2,1-2H3;2*1-2H3. The lowest BCUT2D eigenvalue weighted by atomic mass is 10.2. The predicted octanol–water partition coefficient (Wildman–Crippen LogP) is 3.85. The molecule has 0 aliphatic carbocycles. The van der Waals surface area contributed by atoms with Crippen LogP contribution in [0.15, 0.2) is 10.9 Å². The highest BCUT2D eigenvalue weighted by atomic mass is 32.1. The third kappa shape index (κ3) is 8.89. The monoisotopic (exact) mass is 286 g/mol. The van der Waals surface area contributed by atoms with Crippen molar-refractivity contribution in [3.63, 3.8) is 0 Å². The molecule has 0 bridgehead atoms. The molecule has 0 radical (unpaired) electrons. The van der Waals surface area contributed by atoms with E-state index in [0.29, 0.717) is 10.2 Å². The van der Waals surface area contributed by atoms with Gasteiger partial charge in [0.05, 0.1) is 10.2 Å². The second kappa shape index (κ2) is 13.7. The maximum Gasteiger partial charge on any atom is 0.219 e. The summed E-state index contributed by atoms with van der Waals surface area (Å²) < 4.78 is 0.447. The first-order chi connectivity index (χ1) is 9.15. The molecule has 0 saturated carbocycles. The fourth-order valence-corrected chi connectivity index (χ4v) is 1.56. The SMILES string of the molecule is CC.CC.CCN(C)CCCCNc1cc(=S)c1=O. The lowest BCUT2D eigenvalue weighted by Crippen LogP contribution is -2.20. The summed E-state index contributed by atoms with van der Waals surface area (Å²) in [7, 11) is 2.11. The van der Waals surface area contributed by atoms with E-state index in [2.05, 4.69) is 24.2 Å². The lowest BCUT2D eigenvalue weighted by molar-refractivity contribution is 0.345. The van der Waals surface area contributed by atoms with Gasteiger partial charge in [0.2, 0.25) is 5.43 Å². The van der Waals surface area contributed by atoms with E-state index in [4.69, 9.17) is 12.2 Å². The molecule has 3 nitrogen and oxygen atoms in total. The van der Waals surface area contributed by atoms with Gasteiger partial charge < -0.3 is 10.2 Å². The fourth-order valence-electron chi connectivity index (χ4n) is 1.34. The Hall–Kier alpha value is -0.740. The van der Waals surface area contributed by atoms with E-state index in [1.54, 1.807) is 6.07 Å². The molecular weight excluding hydrogens is 256 g/mol. The van der Waals surface area contributed by atoms with Crippen molar-refractivity contribution in [2.75, 3.05) is 32.0 Å². The van der Waals surface area contributed by atoms with Crippen LogP contribution in [0.2, 0.25) is 0 Å². The van der Waals surface area contributed by atoms with Crippen LogP contribution in [0.3, 0.4) is 0 Å². The van der Waals surface area contributed by atoms with E-state index < -0.39 is 0 Å². The fraction of sp³-hybridized carbons (Fsp3) is 0.733. The zero-order valence-corrected chi connectivity index (χ0v) is 14.2. The van der Waals surface area contributed by atoms with Gasteiger partial charge in [-0.25, -0.2) is 0 Å². The average Bonchev–Trinajstić information content (AvgIpc) is 2.49. The highest BCUT2D eigenvalue weighted by Crippen LogP contribution is 2.04. The number of anilines is 1. The van der Waals surface area contributed by atoms with Crippen LogP contribution in [0, 0.1) is 4.51 Å². The molecule has 0 unspecified atom stereocenters. The molecule has 1 rings (SSSR count). The number of nitrogens with one attached hydrogen (secondary N) is 1. The van der Waals surface area contributed by atoms with E-state index >= 15 is 0 Å². The molecule has 19 heavy (non-hydrogen) atoms. The normalized spacial score (nSPS) is 9.42. The molecule has 1 aromatic rings. The van der Waals surface area contributed by atoms with Gasteiger partial charge in [0, 0.05) is 6.54 Å². The van der Waals surface area contributed by atoms with Crippen molar-refractivity contribution in [2.45, 2.75) is 47.5 Å². The maximum absolute atomic E-state index is 11.1. The quantitative estimate of drug-likeness (QED) is 0.609. The van der Waals surface area contributed by atoms with Crippen LogP contribution in [0.5, 0.6) is 0 Å². The molecule has 4 heteroatoms. The van der Waals surface area contributed by atoms with Crippen molar-refractivity contribution in [3.05, 3.63) is 20.8 Å². The van der Waals surface area contributed by atoms with Crippen molar-refractivity contribution in [2.24, 2.45) is 0 Å². The molecular formula is C15H30N2OS. The smallest absolute Gasteiger partial charge is 0.219 e. The first-order valence-corrected chi connectivity index (χ1v) is 7.78. The molecule has 0 amide bonds. The largest absolute Gasteiger partial charge is 0.382 e. The molecule has 1 N–H and O–H groups in total. The summed E-state index contributed by atoms with van der Waals surface area (Å²) in [5.74, 6) is 0. The van der Waals surface area contributed by atoms with E-state index in [1.165, 1.54) is 0 Å². The highest BCUT2D eigenvalue weighted by molar-refractivity contribution is 7.71. The third-order valence-electron chi connectivity index (χ3n) is 2.57. The molecule has 0 fully saturated rings. The Labute approximate surface area is 123 Å². The van der Waals surface area contributed by atoms with Crippen LogP contribution in [-0.2, 0) is 0 Å². The summed E-state index contributed by atoms with van der Waals surface area (Å²) >= 11 is 4.76. The zero-order chi connectivity index (χ0) is 15.3. The topological polar surface area (TPSA) is 32.3 Å². The molecule has 112 valence electrons. The van der Waals surface area contributed by atoms with Gasteiger partial charge in [0.25, 0.3) is 0 Å². The lowest BCUT2D eigenvalue weighted by Gasteiger charge is -2.13. The summed E-state index contributed by atoms with van der Waals surface area (Å²) in [6.07, 6.45) is 2.24. The Morgan fingerprint density at radius 2 is 1.79 bits per heavy atom. The van der Waals surface area contributed by atoms with Crippen LogP contribution in [-0.4, -0.2) is 31.6 Å². The van der Waals surface area contributed by atoms with Crippen molar-refractivity contribution in [1.82, 2.24) is 4.90 Å². The Balaban J connectivity index is 0. The first-order valence-electron chi connectivity index (χ1n) is 7.38. The Morgan fingerprint density at radius 3 is 2.21 bits per heavy atom. The first kappa shape index (κ1) is 20.6. The van der Waals surface area contributed by atoms with Crippen LogP contribution in [0.4, 0.5) is 5.69 Å². The maximum atomic E-state index is 11.1. The third-order valence-corrected chi connectivity index (χ3v) is 2.87. The van der Waals surface area contributed by atoms with E-state index in [-0.39, 0.29) is 5.43 Å². The second-order valence-corrected chi connectivity index (χ2v) is 4.22. The summed E-state index contributed by atoms with van der Waals surface area (Å²) in [6, 6.07) is 1.73. The average molecular weight is 286 g/mol.